The Morgan fingerprint density at radius 2 is 1.75 bits per heavy atom. The average molecular weight is 232 g/mol. The quantitative estimate of drug-likeness (QED) is 0.338. The van der Waals surface area contributed by atoms with Crippen LogP contribution < -0.4 is 0 Å². The number of carbonyl (C=O) groups is 1. The van der Waals surface area contributed by atoms with Crippen molar-refractivity contribution in [2.45, 2.75) is 64.9 Å². The smallest absolute Gasteiger partial charge is 0.336 e. The first kappa shape index (κ1) is 15.4. The van der Waals surface area contributed by atoms with E-state index in [4.69, 9.17) is 14.9 Å². The van der Waals surface area contributed by atoms with E-state index in [2.05, 4.69) is 13.8 Å². The second-order valence-corrected chi connectivity index (χ2v) is 3.95. The summed E-state index contributed by atoms with van der Waals surface area (Å²) < 4.78 is 0. The van der Waals surface area contributed by atoms with Crippen LogP contribution in [0.15, 0.2) is 0 Å². The minimum absolute atomic E-state index is 0.478. The topological polar surface area (TPSA) is 55.8 Å². The Hall–Kier alpha value is -0.610. The van der Waals surface area contributed by atoms with Gasteiger partial charge in [-0.2, -0.15) is 0 Å². The molecule has 0 aromatic heterocycles. The number of aliphatic carboxylic acids is 1. The van der Waals surface area contributed by atoms with E-state index in [0.717, 1.165) is 38.5 Å². The van der Waals surface area contributed by atoms with Gasteiger partial charge in [-0.3, -0.25) is 0 Å². The molecule has 0 aliphatic rings. The van der Waals surface area contributed by atoms with E-state index in [-0.39, 0.29) is 0 Å². The second kappa shape index (κ2) is 10.9. The molecule has 0 aliphatic heterocycles. The zero-order chi connectivity index (χ0) is 12.2. The molecule has 4 heteroatoms. The highest BCUT2D eigenvalue weighted by atomic mass is 17.2. The summed E-state index contributed by atoms with van der Waals surface area (Å²) in [6.07, 6.45) is 5.79. The Morgan fingerprint density at radius 3 is 2.31 bits per heavy atom. The predicted octanol–water partition coefficient (Wildman–Crippen LogP) is 3.16. The van der Waals surface area contributed by atoms with Crippen LogP contribution in [-0.2, 0) is 14.6 Å². The molecule has 0 aromatic rings. The van der Waals surface area contributed by atoms with Crippen molar-refractivity contribution < 1.29 is 19.7 Å². The molecule has 0 aliphatic carbocycles. The van der Waals surface area contributed by atoms with E-state index in [1.165, 1.54) is 0 Å². The fourth-order valence-electron chi connectivity index (χ4n) is 1.33. The van der Waals surface area contributed by atoms with Crippen molar-refractivity contribution in [3.63, 3.8) is 0 Å². The van der Waals surface area contributed by atoms with Gasteiger partial charge in [0.1, 0.15) is 0 Å². The van der Waals surface area contributed by atoms with Crippen LogP contribution in [0, 0.1) is 0 Å². The normalized spacial score (nSPS) is 12.6. The third-order valence-electron chi connectivity index (χ3n) is 2.36. The second-order valence-electron chi connectivity index (χ2n) is 3.95. The zero-order valence-electron chi connectivity index (χ0n) is 10.4. The van der Waals surface area contributed by atoms with Crippen LogP contribution in [0.3, 0.4) is 0 Å². The highest BCUT2D eigenvalue weighted by Crippen LogP contribution is 2.08. The molecule has 96 valence electrons. The molecule has 0 rings (SSSR count). The number of carboxylic acid groups (broad SMARTS) is 1. The SMILES string of the molecule is CCCCCOOC(CCCCC)C(=O)O. The molecule has 0 radical (unpaired) electrons. The summed E-state index contributed by atoms with van der Waals surface area (Å²) in [5.41, 5.74) is 0. The molecule has 0 spiro atoms. The Balaban J connectivity index is 3.56. The van der Waals surface area contributed by atoms with Crippen LogP contribution in [0.1, 0.15) is 58.8 Å². The first-order valence-electron chi connectivity index (χ1n) is 6.23. The van der Waals surface area contributed by atoms with Crippen LogP contribution in [0.4, 0.5) is 0 Å². The summed E-state index contributed by atoms with van der Waals surface area (Å²) in [6, 6.07) is 0. The standard InChI is InChI=1S/C12H24O4/c1-3-5-7-9-11(12(13)14)16-15-10-8-6-4-2/h11H,3-10H2,1-2H3,(H,13,14). The van der Waals surface area contributed by atoms with Gasteiger partial charge in [-0.05, 0) is 12.8 Å². The molecule has 0 saturated carbocycles. The van der Waals surface area contributed by atoms with Crippen LogP contribution >= 0.6 is 0 Å². The molecule has 0 bridgehead atoms. The molecule has 0 saturated heterocycles. The highest BCUT2D eigenvalue weighted by Gasteiger charge is 2.18. The van der Waals surface area contributed by atoms with Crippen LogP contribution in [0.2, 0.25) is 0 Å². The van der Waals surface area contributed by atoms with Crippen molar-refractivity contribution in [3.8, 4) is 0 Å². The van der Waals surface area contributed by atoms with Gasteiger partial charge in [0.15, 0.2) is 6.10 Å². The van der Waals surface area contributed by atoms with Gasteiger partial charge in [0.25, 0.3) is 0 Å². The van der Waals surface area contributed by atoms with Gasteiger partial charge in [0.2, 0.25) is 0 Å². The van der Waals surface area contributed by atoms with Crippen LogP contribution in [0.25, 0.3) is 0 Å². The monoisotopic (exact) mass is 232 g/mol. The van der Waals surface area contributed by atoms with Crippen LogP contribution in [0.5, 0.6) is 0 Å². The largest absolute Gasteiger partial charge is 0.479 e. The fourth-order valence-corrected chi connectivity index (χ4v) is 1.33. The Morgan fingerprint density at radius 1 is 1.12 bits per heavy atom. The number of hydrogen-bond acceptors (Lipinski definition) is 3. The van der Waals surface area contributed by atoms with Gasteiger partial charge in [0, 0.05) is 0 Å². The third-order valence-corrected chi connectivity index (χ3v) is 2.36. The Kier molecular flexibility index (Phi) is 10.5. The van der Waals surface area contributed by atoms with Gasteiger partial charge in [-0.15, -0.1) is 0 Å². The van der Waals surface area contributed by atoms with E-state index >= 15 is 0 Å². The highest BCUT2D eigenvalue weighted by molar-refractivity contribution is 5.72. The first-order chi connectivity index (χ1) is 7.72. The van der Waals surface area contributed by atoms with Gasteiger partial charge in [-0.1, -0.05) is 46.0 Å². The summed E-state index contributed by atoms with van der Waals surface area (Å²) in [7, 11) is 0. The minimum atomic E-state index is -0.938. The maximum atomic E-state index is 10.8. The first-order valence-corrected chi connectivity index (χ1v) is 6.23. The molecular formula is C12H24O4. The summed E-state index contributed by atoms with van der Waals surface area (Å²) in [5.74, 6) is -0.938. The molecule has 1 unspecified atom stereocenters. The van der Waals surface area contributed by atoms with Crippen molar-refractivity contribution in [1.82, 2.24) is 0 Å². The molecule has 1 N–H and O–H groups in total. The lowest BCUT2D eigenvalue weighted by Crippen LogP contribution is -2.24. The lowest BCUT2D eigenvalue weighted by atomic mass is 10.1. The minimum Gasteiger partial charge on any atom is -0.479 e. The van der Waals surface area contributed by atoms with E-state index in [1.807, 2.05) is 0 Å². The molecule has 0 aromatic carbocycles. The van der Waals surface area contributed by atoms with Crippen molar-refractivity contribution in [1.29, 1.82) is 0 Å². The number of hydrogen-bond donors (Lipinski definition) is 1. The molecule has 0 heterocycles. The number of carboxylic acids is 1. The van der Waals surface area contributed by atoms with Gasteiger partial charge >= 0.3 is 5.97 Å². The number of rotatable bonds is 11. The van der Waals surface area contributed by atoms with E-state index < -0.39 is 12.1 Å². The zero-order valence-corrected chi connectivity index (χ0v) is 10.4. The van der Waals surface area contributed by atoms with E-state index in [1.54, 1.807) is 0 Å². The number of unbranched alkanes of at least 4 members (excludes halogenated alkanes) is 4. The van der Waals surface area contributed by atoms with Crippen LogP contribution in [-0.4, -0.2) is 23.8 Å². The van der Waals surface area contributed by atoms with E-state index in [9.17, 15) is 4.79 Å². The predicted molar refractivity (Wildman–Crippen MR) is 62.1 cm³/mol. The summed E-state index contributed by atoms with van der Waals surface area (Å²) >= 11 is 0. The van der Waals surface area contributed by atoms with Gasteiger partial charge in [0.05, 0.1) is 6.61 Å². The summed E-state index contributed by atoms with van der Waals surface area (Å²) in [5, 5.41) is 8.87. The molecule has 4 nitrogen and oxygen atoms in total. The summed E-state index contributed by atoms with van der Waals surface area (Å²) in [4.78, 5) is 20.6. The van der Waals surface area contributed by atoms with Gasteiger partial charge in [-0.25, -0.2) is 14.6 Å². The van der Waals surface area contributed by atoms with Crippen molar-refractivity contribution in [3.05, 3.63) is 0 Å². The molecule has 0 fully saturated rings. The maximum absolute atomic E-state index is 10.8. The Labute approximate surface area is 97.9 Å². The van der Waals surface area contributed by atoms with E-state index in [0.29, 0.717) is 13.0 Å². The van der Waals surface area contributed by atoms with Crippen molar-refractivity contribution in [2.75, 3.05) is 6.61 Å². The molecule has 1 atom stereocenters. The van der Waals surface area contributed by atoms with Gasteiger partial charge < -0.3 is 5.11 Å². The lowest BCUT2D eigenvalue weighted by Gasteiger charge is -2.11. The third kappa shape index (κ3) is 8.68. The summed E-state index contributed by atoms with van der Waals surface area (Å²) in [6.45, 7) is 4.66. The maximum Gasteiger partial charge on any atom is 0.336 e. The van der Waals surface area contributed by atoms with Crippen molar-refractivity contribution in [2.24, 2.45) is 0 Å². The molecule has 16 heavy (non-hydrogen) atoms. The van der Waals surface area contributed by atoms with Crippen molar-refractivity contribution >= 4 is 5.97 Å². The lowest BCUT2D eigenvalue weighted by molar-refractivity contribution is -0.321. The molecule has 0 amide bonds. The molecular weight excluding hydrogens is 208 g/mol. The fraction of sp³-hybridized carbons (Fsp3) is 0.917. The average Bonchev–Trinajstić information content (AvgIpc) is 2.26. The Bertz CT molecular complexity index is 170.